The predicted molar refractivity (Wildman–Crippen MR) is 75.5 cm³/mol. The van der Waals surface area contributed by atoms with Crippen LogP contribution in [-0.4, -0.2) is 54.1 Å². The fourth-order valence-electron chi connectivity index (χ4n) is 4.76. The maximum atomic E-state index is 6.30. The molecule has 18 heavy (non-hydrogen) atoms. The molecule has 3 aliphatic rings. The van der Waals surface area contributed by atoms with E-state index in [1.807, 2.05) is 0 Å². The molecule has 0 amide bonds. The summed E-state index contributed by atoms with van der Waals surface area (Å²) in [4.78, 5) is 5.45. The van der Waals surface area contributed by atoms with E-state index in [2.05, 4.69) is 23.6 Å². The van der Waals surface area contributed by atoms with Crippen LogP contribution in [0.3, 0.4) is 0 Å². The topological polar surface area (TPSA) is 32.5 Å². The van der Waals surface area contributed by atoms with E-state index in [0.29, 0.717) is 5.54 Å². The minimum absolute atomic E-state index is 0.321. The average molecular weight is 251 g/mol. The minimum Gasteiger partial charge on any atom is -0.329 e. The Hall–Kier alpha value is -0.120. The summed E-state index contributed by atoms with van der Waals surface area (Å²) in [5, 5.41) is 0. The molecule has 0 saturated carbocycles. The van der Waals surface area contributed by atoms with E-state index in [1.165, 1.54) is 51.9 Å². The van der Waals surface area contributed by atoms with Gasteiger partial charge < -0.3 is 10.6 Å². The summed E-state index contributed by atoms with van der Waals surface area (Å²) in [6.07, 6.45) is 5.43. The first-order valence-electron chi connectivity index (χ1n) is 7.86. The van der Waals surface area contributed by atoms with Gasteiger partial charge in [-0.1, -0.05) is 6.92 Å². The molecule has 0 aromatic carbocycles. The van der Waals surface area contributed by atoms with Gasteiger partial charge in [0.25, 0.3) is 0 Å². The number of hydrogen-bond donors (Lipinski definition) is 1. The second kappa shape index (κ2) is 4.77. The van der Waals surface area contributed by atoms with Crippen LogP contribution in [0.4, 0.5) is 0 Å². The van der Waals surface area contributed by atoms with Gasteiger partial charge in [0.2, 0.25) is 0 Å². The molecule has 3 heterocycles. The van der Waals surface area contributed by atoms with Gasteiger partial charge in [0.05, 0.1) is 0 Å². The molecule has 5 unspecified atom stereocenters. The van der Waals surface area contributed by atoms with Crippen molar-refractivity contribution >= 4 is 0 Å². The van der Waals surface area contributed by atoms with Crippen LogP contribution >= 0.6 is 0 Å². The van der Waals surface area contributed by atoms with Gasteiger partial charge in [0.1, 0.15) is 0 Å². The van der Waals surface area contributed by atoms with Crippen molar-refractivity contribution in [3.05, 3.63) is 0 Å². The average Bonchev–Trinajstić information content (AvgIpc) is 2.79. The van der Waals surface area contributed by atoms with Crippen LogP contribution in [0, 0.1) is 11.8 Å². The van der Waals surface area contributed by atoms with Gasteiger partial charge in [-0.15, -0.1) is 0 Å². The molecule has 3 aliphatic heterocycles. The Kier molecular flexibility index (Phi) is 3.41. The molecule has 3 nitrogen and oxygen atoms in total. The molecule has 3 rings (SSSR count). The van der Waals surface area contributed by atoms with E-state index in [1.54, 1.807) is 0 Å². The highest BCUT2D eigenvalue weighted by molar-refractivity contribution is 5.07. The van der Waals surface area contributed by atoms with Crippen molar-refractivity contribution in [1.29, 1.82) is 0 Å². The molecule has 104 valence electrons. The number of nitrogens with zero attached hydrogens (tertiary/aromatic N) is 2. The number of likely N-dealkylation sites (tertiary alicyclic amines) is 1. The highest BCUT2D eigenvalue weighted by atomic mass is 15.3. The maximum Gasteiger partial charge on any atom is 0.0387 e. The second-order valence-electron chi connectivity index (χ2n) is 6.90. The largest absolute Gasteiger partial charge is 0.329 e. The van der Waals surface area contributed by atoms with Gasteiger partial charge in [-0.25, -0.2) is 0 Å². The lowest BCUT2D eigenvalue weighted by molar-refractivity contribution is -0.0491. The summed E-state index contributed by atoms with van der Waals surface area (Å²) in [5.74, 6) is 1.66. The van der Waals surface area contributed by atoms with E-state index < -0.39 is 0 Å². The Balaban J connectivity index is 1.86. The molecule has 0 aromatic heterocycles. The Morgan fingerprint density at radius 3 is 2.78 bits per heavy atom. The fraction of sp³-hybridized carbons (Fsp3) is 1.00. The lowest BCUT2D eigenvalue weighted by atomic mass is 9.74. The van der Waals surface area contributed by atoms with Crippen molar-refractivity contribution in [1.82, 2.24) is 9.80 Å². The van der Waals surface area contributed by atoms with Crippen LogP contribution < -0.4 is 5.73 Å². The molecule has 5 atom stereocenters. The monoisotopic (exact) mass is 251 g/mol. The van der Waals surface area contributed by atoms with E-state index >= 15 is 0 Å². The molecule has 0 radical (unpaired) electrons. The van der Waals surface area contributed by atoms with Crippen molar-refractivity contribution in [2.45, 2.75) is 51.1 Å². The first-order valence-corrected chi connectivity index (χ1v) is 7.86. The zero-order valence-electron chi connectivity index (χ0n) is 12.1. The summed E-state index contributed by atoms with van der Waals surface area (Å²) in [6, 6.07) is 0.717. The lowest BCUT2D eigenvalue weighted by Gasteiger charge is -2.55. The lowest BCUT2D eigenvalue weighted by Crippen LogP contribution is -2.66. The summed E-state index contributed by atoms with van der Waals surface area (Å²) < 4.78 is 0. The van der Waals surface area contributed by atoms with Gasteiger partial charge >= 0.3 is 0 Å². The van der Waals surface area contributed by atoms with Gasteiger partial charge in [0, 0.05) is 24.7 Å². The van der Waals surface area contributed by atoms with Crippen LogP contribution in [-0.2, 0) is 0 Å². The SMILES string of the molecule is CC1CCCN(C2(CN)CCN3CCC2C3)C1C. The Labute approximate surface area is 112 Å². The molecule has 3 heteroatoms. The highest BCUT2D eigenvalue weighted by Gasteiger charge is 2.50. The zero-order valence-corrected chi connectivity index (χ0v) is 12.1. The number of piperidine rings is 2. The Morgan fingerprint density at radius 1 is 1.17 bits per heavy atom. The number of fused-ring (bicyclic) bond motifs is 2. The van der Waals surface area contributed by atoms with Crippen molar-refractivity contribution in [3.8, 4) is 0 Å². The van der Waals surface area contributed by atoms with Crippen molar-refractivity contribution in [2.75, 3.05) is 32.7 Å². The number of rotatable bonds is 2. The van der Waals surface area contributed by atoms with Crippen LogP contribution in [0.5, 0.6) is 0 Å². The molecular formula is C15H29N3. The quantitative estimate of drug-likeness (QED) is 0.808. The van der Waals surface area contributed by atoms with Crippen LogP contribution in [0.1, 0.15) is 39.5 Å². The number of hydrogen-bond acceptors (Lipinski definition) is 3. The maximum absolute atomic E-state index is 6.30. The van der Waals surface area contributed by atoms with Crippen molar-refractivity contribution in [2.24, 2.45) is 17.6 Å². The predicted octanol–water partition coefficient (Wildman–Crippen LogP) is 1.53. The molecule has 0 aromatic rings. The van der Waals surface area contributed by atoms with E-state index in [4.69, 9.17) is 5.73 Å². The minimum atomic E-state index is 0.321. The first kappa shape index (κ1) is 12.9. The smallest absolute Gasteiger partial charge is 0.0387 e. The normalized spacial score (nSPS) is 49.5. The molecule has 3 saturated heterocycles. The molecule has 2 N–H and O–H groups in total. The summed E-state index contributed by atoms with van der Waals surface area (Å²) in [5.41, 5.74) is 6.62. The number of nitrogens with two attached hydrogens (primary N) is 1. The third kappa shape index (κ3) is 1.83. The van der Waals surface area contributed by atoms with Gasteiger partial charge in [-0.3, -0.25) is 4.90 Å². The van der Waals surface area contributed by atoms with Gasteiger partial charge in [-0.05, 0) is 64.1 Å². The van der Waals surface area contributed by atoms with Crippen LogP contribution in [0.15, 0.2) is 0 Å². The molecule has 0 spiro atoms. The molecule has 3 fully saturated rings. The van der Waals surface area contributed by atoms with Crippen molar-refractivity contribution < 1.29 is 0 Å². The van der Waals surface area contributed by atoms with Crippen LogP contribution in [0.25, 0.3) is 0 Å². The summed E-state index contributed by atoms with van der Waals surface area (Å²) in [7, 11) is 0. The second-order valence-corrected chi connectivity index (χ2v) is 6.90. The third-order valence-corrected chi connectivity index (χ3v) is 6.19. The zero-order chi connectivity index (χ0) is 12.8. The van der Waals surface area contributed by atoms with Crippen molar-refractivity contribution in [3.63, 3.8) is 0 Å². The Bertz CT molecular complexity index is 306. The standard InChI is InChI=1S/C15H29N3/c1-12-4-3-7-18(13(12)2)15(11-16)6-9-17-8-5-14(15)10-17/h12-14H,3-11,16H2,1-2H3. The third-order valence-electron chi connectivity index (χ3n) is 6.19. The summed E-state index contributed by atoms with van der Waals surface area (Å²) >= 11 is 0. The van der Waals surface area contributed by atoms with E-state index in [-0.39, 0.29) is 0 Å². The molecule has 0 aliphatic carbocycles. The fourth-order valence-corrected chi connectivity index (χ4v) is 4.76. The summed E-state index contributed by atoms with van der Waals surface area (Å²) in [6.45, 7) is 10.9. The van der Waals surface area contributed by atoms with Gasteiger partial charge in [-0.2, -0.15) is 0 Å². The molecule has 2 bridgehead atoms. The molecular weight excluding hydrogens is 222 g/mol. The van der Waals surface area contributed by atoms with Crippen LogP contribution in [0.2, 0.25) is 0 Å². The Morgan fingerprint density at radius 2 is 2.00 bits per heavy atom. The van der Waals surface area contributed by atoms with E-state index in [0.717, 1.165) is 24.4 Å². The van der Waals surface area contributed by atoms with Gasteiger partial charge in [0.15, 0.2) is 0 Å². The highest BCUT2D eigenvalue weighted by Crippen LogP contribution is 2.42. The van der Waals surface area contributed by atoms with E-state index in [9.17, 15) is 0 Å². The first-order chi connectivity index (χ1) is 8.67.